The van der Waals surface area contributed by atoms with Crippen LogP contribution in [0.15, 0.2) is 36.5 Å². The SMILES string of the molecule is CCOC(C)(CC)C(N)c1ccc2ncccc2c1. The molecule has 0 aliphatic carbocycles. The third-order valence-electron chi connectivity index (χ3n) is 3.82. The largest absolute Gasteiger partial charge is 0.374 e. The predicted molar refractivity (Wildman–Crippen MR) is 79.0 cm³/mol. The molecule has 0 bridgehead atoms. The number of rotatable bonds is 5. The van der Waals surface area contributed by atoms with Crippen molar-refractivity contribution >= 4 is 10.9 Å². The van der Waals surface area contributed by atoms with Gasteiger partial charge in [0.25, 0.3) is 0 Å². The molecule has 1 aromatic heterocycles. The zero-order valence-corrected chi connectivity index (χ0v) is 11.9. The van der Waals surface area contributed by atoms with Crippen molar-refractivity contribution in [2.24, 2.45) is 5.73 Å². The van der Waals surface area contributed by atoms with Crippen molar-refractivity contribution < 1.29 is 4.74 Å². The van der Waals surface area contributed by atoms with Crippen LogP contribution in [-0.2, 0) is 4.74 Å². The quantitative estimate of drug-likeness (QED) is 0.893. The summed E-state index contributed by atoms with van der Waals surface area (Å²) >= 11 is 0. The van der Waals surface area contributed by atoms with Gasteiger partial charge in [0.2, 0.25) is 0 Å². The molecule has 1 heterocycles. The molecule has 0 spiro atoms. The molecule has 0 aliphatic heterocycles. The summed E-state index contributed by atoms with van der Waals surface area (Å²) in [6.07, 6.45) is 2.69. The van der Waals surface area contributed by atoms with Crippen LogP contribution in [0.4, 0.5) is 0 Å². The van der Waals surface area contributed by atoms with Crippen LogP contribution in [0.1, 0.15) is 38.8 Å². The summed E-state index contributed by atoms with van der Waals surface area (Å²) in [4.78, 5) is 4.33. The van der Waals surface area contributed by atoms with Crippen LogP contribution in [0.5, 0.6) is 0 Å². The topological polar surface area (TPSA) is 48.1 Å². The minimum Gasteiger partial charge on any atom is -0.374 e. The van der Waals surface area contributed by atoms with Gasteiger partial charge in [0.15, 0.2) is 0 Å². The minimum absolute atomic E-state index is 0.137. The van der Waals surface area contributed by atoms with Gasteiger partial charge in [0.05, 0.1) is 17.2 Å². The fraction of sp³-hybridized carbons (Fsp3) is 0.438. The first-order valence-corrected chi connectivity index (χ1v) is 6.85. The number of benzene rings is 1. The highest BCUT2D eigenvalue weighted by Gasteiger charge is 2.31. The molecular weight excluding hydrogens is 236 g/mol. The van der Waals surface area contributed by atoms with E-state index >= 15 is 0 Å². The number of aromatic nitrogens is 1. The van der Waals surface area contributed by atoms with Crippen molar-refractivity contribution in [1.29, 1.82) is 0 Å². The third kappa shape index (κ3) is 2.77. The highest BCUT2D eigenvalue weighted by atomic mass is 16.5. The lowest BCUT2D eigenvalue weighted by atomic mass is 9.88. The Morgan fingerprint density at radius 2 is 2.11 bits per heavy atom. The van der Waals surface area contributed by atoms with Gasteiger partial charge in [0.1, 0.15) is 0 Å². The molecule has 2 N–H and O–H groups in total. The number of ether oxygens (including phenoxy) is 1. The molecular formula is C16H22N2O. The highest BCUT2D eigenvalue weighted by molar-refractivity contribution is 5.79. The van der Waals surface area contributed by atoms with Crippen molar-refractivity contribution in [3.05, 3.63) is 42.1 Å². The summed E-state index contributed by atoms with van der Waals surface area (Å²) in [7, 11) is 0. The molecule has 1 aromatic carbocycles. The maximum absolute atomic E-state index is 6.42. The average molecular weight is 258 g/mol. The van der Waals surface area contributed by atoms with Crippen LogP contribution in [0.2, 0.25) is 0 Å². The molecule has 0 saturated carbocycles. The monoisotopic (exact) mass is 258 g/mol. The summed E-state index contributed by atoms with van der Waals surface area (Å²) < 4.78 is 5.87. The third-order valence-corrected chi connectivity index (χ3v) is 3.82. The Labute approximate surface area is 114 Å². The molecule has 2 atom stereocenters. The average Bonchev–Trinajstić information content (AvgIpc) is 2.46. The van der Waals surface area contributed by atoms with Crippen molar-refractivity contribution in [3.63, 3.8) is 0 Å². The van der Waals surface area contributed by atoms with Gasteiger partial charge in [-0.1, -0.05) is 19.1 Å². The lowest BCUT2D eigenvalue weighted by Crippen LogP contribution is -2.40. The van der Waals surface area contributed by atoms with Crippen molar-refractivity contribution in [2.45, 2.75) is 38.8 Å². The van der Waals surface area contributed by atoms with Crippen LogP contribution in [0.3, 0.4) is 0 Å². The van der Waals surface area contributed by atoms with E-state index in [1.54, 1.807) is 6.20 Å². The Balaban J connectivity index is 2.37. The first-order valence-electron chi connectivity index (χ1n) is 6.85. The van der Waals surface area contributed by atoms with E-state index in [1.165, 1.54) is 0 Å². The summed E-state index contributed by atoms with van der Waals surface area (Å²) in [6.45, 7) is 6.87. The van der Waals surface area contributed by atoms with Crippen molar-refractivity contribution in [3.8, 4) is 0 Å². The number of pyridine rings is 1. The zero-order chi connectivity index (χ0) is 13.9. The van der Waals surface area contributed by atoms with E-state index in [1.807, 2.05) is 25.1 Å². The molecule has 102 valence electrons. The number of hydrogen-bond acceptors (Lipinski definition) is 3. The molecule has 0 saturated heterocycles. The molecule has 2 unspecified atom stereocenters. The van der Waals surface area contributed by atoms with Crippen LogP contribution >= 0.6 is 0 Å². The fourth-order valence-electron chi connectivity index (χ4n) is 2.38. The zero-order valence-electron chi connectivity index (χ0n) is 11.9. The lowest BCUT2D eigenvalue weighted by molar-refractivity contribution is -0.0472. The van der Waals surface area contributed by atoms with Gasteiger partial charge in [0, 0.05) is 18.2 Å². The Morgan fingerprint density at radius 3 is 2.79 bits per heavy atom. The number of fused-ring (bicyclic) bond motifs is 1. The Hall–Kier alpha value is -1.45. The molecule has 2 aromatic rings. The van der Waals surface area contributed by atoms with E-state index in [4.69, 9.17) is 10.5 Å². The molecule has 3 nitrogen and oxygen atoms in total. The van der Waals surface area contributed by atoms with Gasteiger partial charge < -0.3 is 10.5 Å². The summed E-state index contributed by atoms with van der Waals surface area (Å²) in [6, 6.07) is 10.0. The lowest BCUT2D eigenvalue weighted by Gasteiger charge is -2.34. The molecule has 3 heteroatoms. The van der Waals surface area contributed by atoms with E-state index in [9.17, 15) is 0 Å². The Bertz CT molecular complexity index is 555. The molecule has 2 rings (SSSR count). The number of nitrogens with two attached hydrogens (primary N) is 1. The summed E-state index contributed by atoms with van der Waals surface area (Å²) in [5.41, 5.74) is 8.18. The van der Waals surface area contributed by atoms with Gasteiger partial charge in [-0.25, -0.2) is 0 Å². The second-order valence-corrected chi connectivity index (χ2v) is 5.03. The van der Waals surface area contributed by atoms with Crippen LogP contribution in [-0.4, -0.2) is 17.2 Å². The summed E-state index contributed by atoms with van der Waals surface area (Å²) in [5, 5.41) is 1.12. The van der Waals surface area contributed by atoms with Gasteiger partial charge in [-0.3, -0.25) is 4.98 Å². The normalized spacial score (nSPS) is 16.2. The maximum Gasteiger partial charge on any atom is 0.0843 e. The van der Waals surface area contributed by atoms with Gasteiger partial charge >= 0.3 is 0 Å². The van der Waals surface area contributed by atoms with Crippen LogP contribution < -0.4 is 5.73 Å². The number of hydrogen-bond donors (Lipinski definition) is 1. The van der Waals surface area contributed by atoms with Crippen molar-refractivity contribution in [2.75, 3.05) is 6.61 Å². The Kier molecular flexibility index (Phi) is 4.17. The second-order valence-electron chi connectivity index (χ2n) is 5.03. The van der Waals surface area contributed by atoms with Gasteiger partial charge in [-0.05, 0) is 44.0 Å². The number of nitrogens with zero attached hydrogens (tertiary/aromatic N) is 1. The Morgan fingerprint density at radius 1 is 1.32 bits per heavy atom. The fourth-order valence-corrected chi connectivity index (χ4v) is 2.38. The molecule has 0 amide bonds. The van der Waals surface area contributed by atoms with E-state index in [0.29, 0.717) is 6.61 Å². The molecule has 0 aliphatic rings. The molecule has 0 fully saturated rings. The van der Waals surface area contributed by atoms with E-state index in [0.717, 1.165) is 22.9 Å². The van der Waals surface area contributed by atoms with Crippen molar-refractivity contribution in [1.82, 2.24) is 4.98 Å². The predicted octanol–water partition coefficient (Wildman–Crippen LogP) is 3.44. The van der Waals surface area contributed by atoms with Gasteiger partial charge in [-0.15, -0.1) is 0 Å². The molecule has 0 radical (unpaired) electrons. The van der Waals surface area contributed by atoms with E-state index in [2.05, 4.69) is 31.0 Å². The summed E-state index contributed by atoms with van der Waals surface area (Å²) in [5.74, 6) is 0. The minimum atomic E-state index is -0.329. The van der Waals surface area contributed by atoms with Crippen LogP contribution in [0.25, 0.3) is 10.9 Å². The highest BCUT2D eigenvalue weighted by Crippen LogP contribution is 2.31. The maximum atomic E-state index is 6.42. The van der Waals surface area contributed by atoms with Gasteiger partial charge in [-0.2, -0.15) is 0 Å². The van der Waals surface area contributed by atoms with Crippen LogP contribution in [0, 0.1) is 0 Å². The second kappa shape index (κ2) is 5.68. The first kappa shape index (κ1) is 14.0. The standard InChI is InChI=1S/C16H22N2O/c1-4-16(3,19-5-2)15(17)13-8-9-14-12(11-13)7-6-10-18-14/h6-11,15H,4-5,17H2,1-3H3. The smallest absolute Gasteiger partial charge is 0.0843 e. The van der Waals surface area contributed by atoms with E-state index < -0.39 is 0 Å². The first-order chi connectivity index (χ1) is 9.10. The molecule has 19 heavy (non-hydrogen) atoms. The van der Waals surface area contributed by atoms with E-state index in [-0.39, 0.29) is 11.6 Å².